The molecule has 0 spiro atoms. The van der Waals surface area contributed by atoms with Gasteiger partial charge in [-0.1, -0.05) is 0 Å². The van der Waals surface area contributed by atoms with E-state index in [0.717, 1.165) is 11.8 Å². The normalized spacial score (nSPS) is 10.9. The SMILES string of the molecule is CCOC(=O)CCc1cc(NS(C)(=O)=O)ccc1OC. The number of methoxy groups -OCH3 is 1. The monoisotopic (exact) mass is 301 g/mol. The molecule has 6 nitrogen and oxygen atoms in total. The van der Waals surface area contributed by atoms with Crippen LogP contribution in [0.1, 0.15) is 18.9 Å². The Morgan fingerprint density at radius 3 is 2.60 bits per heavy atom. The van der Waals surface area contributed by atoms with Crippen LogP contribution in [0.3, 0.4) is 0 Å². The van der Waals surface area contributed by atoms with E-state index in [-0.39, 0.29) is 12.4 Å². The molecule has 0 amide bonds. The predicted molar refractivity (Wildman–Crippen MR) is 76.4 cm³/mol. The van der Waals surface area contributed by atoms with Gasteiger partial charge in [0.15, 0.2) is 0 Å². The Bertz CT molecular complexity index is 568. The molecular weight excluding hydrogens is 282 g/mol. The molecule has 7 heteroatoms. The number of hydrogen-bond donors (Lipinski definition) is 1. The minimum atomic E-state index is -3.34. The molecule has 0 aromatic heterocycles. The number of sulfonamides is 1. The number of hydrogen-bond acceptors (Lipinski definition) is 5. The van der Waals surface area contributed by atoms with E-state index < -0.39 is 10.0 Å². The maximum Gasteiger partial charge on any atom is 0.306 e. The molecule has 0 aliphatic carbocycles. The second-order valence-corrected chi connectivity index (χ2v) is 5.95. The van der Waals surface area contributed by atoms with Gasteiger partial charge in [-0.15, -0.1) is 0 Å². The van der Waals surface area contributed by atoms with Crippen LogP contribution >= 0.6 is 0 Å². The molecule has 0 heterocycles. The van der Waals surface area contributed by atoms with Gasteiger partial charge in [-0.2, -0.15) is 0 Å². The first-order chi connectivity index (χ1) is 9.35. The molecule has 1 rings (SSSR count). The van der Waals surface area contributed by atoms with Crippen molar-refractivity contribution in [1.82, 2.24) is 0 Å². The zero-order valence-electron chi connectivity index (χ0n) is 11.8. The van der Waals surface area contributed by atoms with Crippen molar-refractivity contribution in [1.29, 1.82) is 0 Å². The number of rotatable bonds is 7. The molecule has 0 saturated heterocycles. The summed E-state index contributed by atoms with van der Waals surface area (Å²) in [6.07, 6.45) is 1.71. The Kier molecular flexibility index (Phi) is 5.82. The van der Waals surface area contributed by atoms with Crippen molar-refractivity contribution in [3.05, 3.63) is 23.8 Å². The third kappa shape index (κ3) is 5.48. The van der Waals surface area contributed by atoms with E-state index in [9.17, 15) is 13.2 Å². The lowest BCUT2D eigenvalue weighted by molar-refractivity contribution is -0.143. The van der Waals surface area contributed by atoms with Crippen molar-refractivity contribution < 1.29 is 22.7 Å². The first-order valence-corrected chi connectivity index (χ1v) is 8.05. The molecule has 0 bridgehead atoms. The Morgan fingerprint density at radius 1 is 1.35 bits per heavy atom. The molecule has 0 radical (unpaired) electrons. The summed E-state index contributed by atoms with van der Waals surface area (Å²) < 4.78 is 34.8. The fourth-order valence-corrected chi connectivity index (χ4v) is 2.28. The molecule has 0 aliphatic rings. The maximum atomic E-state index is 11.4. The Balaban J connectivity index is 2.86. The first-order valence-electron chi connectivity index (χ1n) is 6.16. The summed E-state index contributed by atoms with van der Waals surface area (Å²) in [5.74, 6) is 0.310. The fourth-order valence-electron chi connectivity index (χ4n) is 1.72. The van der Waals surface area contributed by atoms with Crippen molar-refractivity contribution in [3.63, 3.8) is 0 Å². The number of nitrogens with one attached hydrogen (secondary N) is 1. The molecule has 1 N–H and O–H groups in total. The molecule has 20 heavy (non-hydrogen) atoms. The number of aryl methyl sites for hydroxylation is 1. The van der Waals surface area contributed by atoms with E-state index in [1.807, 2.05) is 0 Å². The summed E-state index contributed by atoms with van der Waals surface area (Å²) in [7, 11) is -1.82. The van der Waals surface area contributed by atoms with Crippen LogP contribution < -0.4 is 9.46 Å². The number of anilines is 1. The number of carbonyl (C=O) groups excluding carboxylic acids is 1. The van der Waals surface area contributed by atoms with E-state index in [0.29, 0.717) is 24.5 Å². The van der Waals surface area contributed by atoms with E-state index in [1.54, 1.807) is 25.1 Å². The third-order valence-electron chi connectivity index (χ3n) is 2.49. The summed E-state index contributed by atoms with van der Waals surface area (Å²) in [4.78, 5) is 11.4. The molecule has 0 saturated carbocycles. The summed E-state index contributed by atoms with van der Waals surface area (Å²) in [6.45, 7) is 2.08. The van der Waals surface area contributed by atoms with Crippen molar-refractivity contribution in [3.8, 4) is 5.75 Å². The molecule has 0 fully saturated rings. The molecule has 0 atom stereocenters. The zero-order chi connectivity index (χ0) is 15.2. The Labute approximate surface area is 119 Å². The summed E-state index contributed by atoms with van der Waals surface area (Å²) in [6, 6.07) is 4.92. The average molecular weight is 301 g/mol. The smallest absolute Gasteiger partial charge is 0.306 e. The highest BCUT2D eigenvalue weighted by Gasteiger charge is 2.10. The van der Waals surface area contributed by atoms with Gasteiger partial charge >= 0.3 is 5.97 Å². The number of carbonyl (C=O) groups is 1. The number of ether oxygens (including phenoxy) is 2. The van der Waals surface area contributed by atoms with Gasteiger partial charge in [0.2, 0.25) is 10.0 Å². The molecule has 1 aromatic rings. The highest BCUT2D eigenvalue weighted by atomic mass is 32.2. The van der Waals surface area contributed by atoms with Crippen LogP contribution in [0.25, 0.3) is 0 Å². The summed E-state index contributed by atoms with van der Waals surface area (Å²) in [5.41, 5.74) is 1.18. The lowest BCUT2D eigenvalue weighted by Gasteiger charge is -2.11. The predicted octanol–water partition coefficient (Wildman–Crippen LogP) is 1.56. The van der Waals surface area contributed by atoms with Gasteiger partial charge < -0.3 is 9.47 Å². The molecule has 1 aromatic carbocycles. The topological polar surface area (TPSA) is 81.7 Å². The highest BCUT2D eigenvalue weighted by molar-refractivity contribution is 7.92. The average Bonchev–Trinajstić information content (AvgIpc) is 2.35. The lowest BCUT2D eigenvalue weighted by atomic mass is 10.1. The molecule has 0 unspecified atom stereocenters. The van der Waals surface area contributed by atoms with Crippen LogP contribution in [0.15, 0.2) is 18.2 Å². The van der Waals surface area contributed by atoms with Gasteiger partial charge in [-0.3, -0.25) is 9.52 Å². The van der Waals surface area contributed by atoms with Crippen molar-refractivity contribution in [2.24, 2.45) is 0 Å². The van der Waals surface area contributed by atoms with E-state index in [4.69, 9.17) is 9.47 Å². The maximum absolute atomic E-state index is 11.4. The lowest BCUT2D eigenvalue weighted by Crippen LogP contribution is -2.10. The van der Waals surface area contributed by atoms with E-state index in [1.165, 1.54) is 7.11 Å². The fraction of sp³-hybridized carbons (Fsp3) is 0.462. The van der Waals surface area contributed by atoms with Crippen molar-refractivity contribution >= 4 is 21.7 Å². The van der Waals surface area contributed by atoms with Crippen LogP contribution in [0.2, 0.25) is 0 Å². The third-order valence-corrected chi connectivity index (χ3v) is 3.09. The van der Waals surface area contributed by atoms with Crippen LogP contribution in [0.4, 0.5) is 5.69 Å². The summed E-state index contributed by atoms with van der Waals surface area (Å²) in [5, 5.41) is 0. The molecule has 0 aliphatic heterocycles. The van der Waals surface area contributed by atoms with Gasteiger partial charge in [0, 0.05) is 12.1 Å². The minimum absolute atomic E-state index is 0.215. The van der Waals surface area contributed by atoms with Gasteiger partial charge in [0.1, 0.15) is 5.75 Å². The Morgan fingerprint density at radius 2 is 2.05 bits per heavy atom. The second-order valence-electron chi connectivity index (χ2n) is 4.21. The van der Waals surface area contributed by atoms with Crippen LogP contribution in [-0.2, 0) is 26.0 Å². The zero-order valence-corrected chi connectivity index (χ0v) is 12.6. The molecule has 112 valence electrons. The summed E-state index contributed by atoms with van der Waals surface area (Å²) >= 11 is 0. The van der Waals surface area contributed by atoms with Crippen molar-refractivity contribution in [2.75, 3.05) is 24.7 Å². The number of benzene rings is 1. The quantitative estimate of drug-likeness (QED) is 0.773. The van der Waals surface area contributed by atoms with Crippen LogP contribution in [0, 0.1) is 0 Å². The Hall–Kier alpha value is -1.76. The van der Waals surface area contributed by atoms with Crippen LogP contribution in [-0.4, -0.2) is 34.4 Å². The largest absolute Gasteiger partial charge is 0.496 e. The standard InChI is InChI=1S/C13H19NO5S/c1-4-19-13(15)8-5-10-9-11(14-20(3,16)17)6-7-12(10)18-2/h6-7,9,14H,4-5,8H2,1-3H3. The minimum Gasteiger partial charge on any atom is -0.496 e. The van der Waals surface area contributed by atoms with E-state index >= 15 is 0 Å². The van der Waals surface area contributed by atoms with Gasteiger partial charge in [0.05, 0.1) is 20.0 Å². The van der Waals surface area contributed by atoms with Gasteiger partial charge in [0.25, 0.3) is 0 Å². The van der Waals surface area contributed by atoms with Crippen molar-refractivity contribution in [2.45, 2.75) is 19.8 Å². The van der Waals surface area contributed by atoms with Crippen LogP contribution in [0.5, 0.6) is 5.75 Å². The van der Waals surface area contributed by atoms with Gasteiger partial charge in [-0.05, 0) is 37.1 Å². The van der Waals surface area contributed by atoms with Gasteiger partial charge in [-0.25, -0.2) is 8.42 Å². The molecular formula is C13H19NO5S. The van der Waals surface area contributed by atoms with E-state index in [2.05, 4.69) is 4.72 Å². The first kappa shape index (κ1) is 16.3. The highest BCUT2D eigenvalue weighted by Crippen LogP contribution is 2.24. The second kappa shape index (κ2) is 7.14. The number of esters is 1.